The van der Waals surface area contributed by atoms with E-state index in [1.807, 2.05) is 24.3 Å². The summed E-state index contributed by atoms with van der Waals surface area (Å²) < 4.78 is 1.01. The molecule has 4 nitrogen and oxygen atoms in total. The molecule has 1 aliphatic rings. The zero-order chi connectivity index (χ0) is 16.4. The smallest absolute Gasteiger partial charge is 0.235 e. The highest BCUT2D eigenvalue weighted by Gasteiger charge is 2.51. The summed E-state index contributed by atoms with van der Waals surface area (Å²) in [5.41, 5.74) is 2.09. The SMILES string of the molecule is CC(=O)Nc1ccc(NC(=O)C2(c3ccc(Br)cc3)CC2)cc1. The molecule has 1 aliphatic carbocycles. The third-order valence-corrected chi connectivity index (χ3v) is 4.57. The van der Waals surface area contributed by atoms with Gasteiger partial charge in [-0.2, -0.15) is 0 Å². The van der Waals surface area contributed by atoms with Crippen LogP contribution in [0.5, 0.6) is 0 Å². The summed E-state index contributed by atoms with van der Waals surface area (Å²) in [5, 5.41) is 5.68. The van der Waals surface area contributed by atoms with Crippen molar-refractivity contribution < 1.29 is 9.59 Å². The molecule has 0 aliphatic heterocycles. The number of hydrogen-bond acceptors (Lipinski definition) is 2. The molecule has 118 valence electrons. The van der Waals surface area contributed by atoms with Crippen LogP contribution in [0.3, 0.4) is 0 Å². The van der Waals surface area contributed by atoms with Gasteiger partial charge in [-0.15, -0.1) is 0 Å². The van der Waals surface area contributed by atoms with E-state index in [0.29, 0.717) is 5.69 Å². The van der Waals surface area contributed by atoms with Gasteiger partial charge in [0.1, 0.15) is 0 Å². The Bertz CT molecular complexity index is 735. The van der Waals surface area contributed by atoms with Gasteiger partial charge in [-0.05, 0) is 54.8 Å². The number of carbonyl (C=O) groups excluding carboxylic acids is 2. The van der Waals surface area contributed by atoms with E-state index in [1.165, 1.54) is 6.92 Å². The molecule has 2 amide bonds. The molecular formula is C18H17BrN2O2. The van der Waals surface area contributed by atoms with Crippen molar-refractivity contribution in [1.82, 2.24) is 0 Å². The lowest BCUT2D eigenvalue weighted by atomic mass is 9.95. The molecule has 0 atom stereocenters. The maximum absolute atomic E-state index is 12.7. The predicted octanol–water partition coefficient (Wildman–Crippen LogP) is 4.08. The Balaban J connectivity index is 1.71. The Hall–Kier alpha value is -2.14. The molecule has 0 bridgehead atoms. The molecule has 23 heavy (non-hydrogen) atoms. The summed E-state index contributed by atoms with van der Waals surface area (Å²) in [4.78, 5) is 23.7. The average molecular weight is 373 g/mol. The molecule has 2 aromatic rings. The monoisotopic (exact) mass is 372 g/mol. The van der Waals surface area contributed by atoms with Gasteiger partial charge >= 0.3 is 0 Å². The minimum atomic E-state index is -0.406. The molecule has 1 saturated carbocycles. The lowest BCUT2D eigenvalue weighted by molar-refractivity contribution is -0.118. The van der Waals surface area contributed by atoms with E-state index < -0.39 is 5.41 Å². The van der Waals surface area contributed by atoms with Gasteiger partial charge in [-0.3, -0.25) is 9.59 Å². The van der Waals surface area contributed by atoms with Gasteiger partial charge in [0.25, 0.3) is 0 Å². The maximum Gasteiger partial charge on any atom is 0.235 e. The van der Waals surface area contributed by atoms with Gasteiger partial charge in [0.05, 0.1) is 5.41 Å². The number of halogens is 1. The molecule has 0 heterocycles. The Morgan fingerprint density at radius 3 is 1.91 bits per heavy atom. The molecule has 5 heteroatoms. The molecule has 3 rings (SSSR count). The number of benzene rings is 2. The Kier molecular flexibility index (Phi) is 4.22. The number of hydrogen-bond donors (Lipinski definition) is 2. The van der Waals surface area contributed by atoms with Gasteiger partial charge in [-0.1, -0.05) is 28.1 Å². The first kappa shape index (κ1) is 15.7. The highest BCUT2D eigenvalue weighted by atomic mass is 79.9. The molecule has 0 unspecified atom stereocenters. The van der Waals surface area contributed by atoms with Crippen molar-refractivity contribution in [1.29, 1.82) is 0 Å². The van der Waals surface area contributed by atoms with Crippen LogP contribution >= 0.6 is 15.9 Å². The van der Waals surface area contributed by atoms with Crippen molar-refractivity contribution in [2.45, 2.75) is 25.2 Å². The highest BCUT2D eigenvalue weighted by molar-refractivity contribution is 9.10. The van der Waals surface area contributed by atoms with Crippen LogP contribution in [0.15, 0.2) is 53.0 Å². The second-order valence-corrected chi connectivity index (χ2v) is 6.72. The largest absolute Gasteiger partial charge is 0.326 e. The number of nitrogens with one attached hydrogen (secondary N) is 2. The van der Waals surface area contributed by atoms with E-state index in [9.17, 15) is 9.59 Å². The second kappa shape index (κ2) is 6.16. The first-order valence-electron chi connectivity index (χ1n) is 7.45. The Labute approximate surface area is 143 Å². The van der Waals surface area contributed by atoms with Crippen molar-refractivity contribution in [3.63, 3.8) is 0 Å². The Morgan fingerprint density at radius 2 is 1.43 bits per heavy atom. The fourth-order valence-corrected chi connectivity index (χ4v) is 2.90. The predicted molar refractivity (Wildman–Crippen MR) is 94.4 cm³/mol. The highest BCUT2D eigenvalue weighted by Crippen LogP contribution is 2.49. The number of anilines is 2. The summed E-state index contributed by atoms with van der Waals surface area (Å²) in [6.07, 6.45) is 1.73. The van der Waals surface area contributed by atoms with Crippen LogP contribution in [-0.2, 0) is 15.0 Å². The van der Waals surface area contributed by atoms with Gasteiger partial charge in [-0.25, -0.2) is 0 Å². The zero-order valence-corrected chi connectivity index (χ0v) is 14.3. The van der Waals surface area contributed by atoms with Crippen molar-refractivity contribution in [3.05, 3.63) is 58.6 Å². The minimum absolute atomic E-state index is 0.0205. The summed E-state index contributed by atoms with van der Waals surface area (Å²) >= 11 is 3.42. The third kappa shape index (κ3) is 3.45. The normalized spacial score (nSPS) is 14.9. The van der Waals surface area contributed by atoms with E-state index in [4.69, 9.17) is 0 Å². The first-order valence-corrected chi connectivity index (χ1v) is 8.24. The van der Waals surface area contributed by atoms with Crippen molar-refractivity contribution >= 4 is 39.1 Å². The number of amides is 2. The lowest BCUT2D eigenvalue weighted by Gasteiger charge is -2.16. The molecular weight excluding hydrogens is 356 g/mol. The summed E-state index contributed by atoms with van der Waals surface area (Å²) in [6, 6.07) is 15.1. The lowest BCUT2D eigenvalue weighted by Crippen LogP contribution is -2.27. The van der Waals surface area contributed by atoms with E-state index in [-0.39, 0.29) is 11.8 Å². The average Bonchev–Trinajstić information content (AvgIpc) is 3.31. The third-order valence-electron chi connectivity index (χ3n) is 4.04. The minimum Gasteiger partial charge on any atom is -0.326 e. The first-order chi connectivity index (χ1) is 11.0. The van der Waals surface area contributed by atoms with E-state index in [0.717, 1.165) is 28.6 Å². The molecule has 0 aromatic heterocycles. The number of carbonyl (C=O) groups is 2. The molecule has 0 spiro atoms. The van der Waals surface area contributed by atoms with Crippen molar-refractivity contribution in [2.24, 2.45) is 0 Å². The van der Waals surface area contributed by atoms with Crippen LogP contribution in [0.4, 0.5) is 11.4 Å². The molecule has 2 aromatic carbocycles. The van der Waals surface area contributed by atoms with Crippen LogP contribution in [0, 0.1) is 0 Å². The van der Waals surface area contributed by atoms with Crippen LogP contribution in [0.2, 0.25) is 0 Å². The van der Waals surface area contributed by atoms with E-state index in [1.54, 1.807) is 24.3 Å². The van der Waals surface area contributed by atoms with E-state index in [2.05, 4.69) is 26.6 Å². The summed E-state index contributed by atoms with van der Waals surface area (Å²) in [7, 11) is 0. The molecule has 2 N–H and O–H groups in total. The van der Waals surface area contributed by atoms with Crippen LogP contribution in [0.25, 0.3) is 0 Å². The van der Waals surface area contributed by atoms with Crippen LogP contribution in [0.1, 0.15) is 25.3 Å². The molecule has 1 fully saturated rings. The molecule has 0 saturated heterocycles. The topological polar surface area (TPSA) is 58.2 Å². The van der Waals surface area contributed by atoms with Crippen LogP contribution < -0.4 is 10.6 Å². The quantitative estimate of drug-likeness (QED) is 0.849. The van der Waals surface area contributed by atoms with Gasteiger partial charge in [0.15, 0.2) is 0 Å². The van der Waals surface area contributed by atoms with Gasteiger partial charge in [0, 0.05) is 22.8 Å². The second-order valence-electron chi connectivity index (χ2n) is 5.80. The van der Waals surface area contributed by atoms with E-state index >= 15 is 0 Å². The summed E-state index contributed by atoms with van der Waals surface area (Å²) in [5.74, 6) is -0.0962. The Morgan fingerprint density at radius 1 is 0.913 bits per heavy atom. The molecule has 0 radical (unpaired) electrons. The standard InChI is InChI=1S/C18H17BrN2O2/c1-12(22)20-15-6-8-16(9-7-15)21-17(23)18(10-11-18)13-2-4-14(19)5-3-13/h2-9H,10-11H2,1H3,(H,20,22)(H,21,23). The van der Waals surface area contributed by atoms with Crippen molar-refractivity contribution in [2.75, 3.05) is 10.6 Å². The van der Waals surface area contributed by atoms with Crippen LogP contribution in [-0.4, -0.2) is 11.8 Å². The van der Waals surface area contributed by atoms with Gasteiger partial charge in [0.2, 0.25) is 11.8 Å². The summed E-state index contributed by atoms with van der Waals surface area (Å²) in [6.45, 7) is 1.46. The zero-order valence-electron chi connectivity index (χ0n) is 12.7. The maximum atomic E-state index is 12.7. The fourth-order valence-electron chi connectivity index (χ4n) is 2.63. The number of rotatable bonds is 4. The fraction of sp³-hybridized carbons (Fsp3) is 0.222. The van der Waals surface area contributed by atoms with Crippen molar-refractivity contribution in [3.8, 4) is 0 Å². The van der Waals surface area contributed by atoms with Gasteiger partial charge < -0.3 is 10.6 Å².